The molecule has 0 saturated carbocycles. The first-order chi connectivity index (χ1) is 6.92. The van der Waals surface area contributed by atoms with Crippen LogP contribution in [0, 0.1) is 0 Å². The van der Waals surface area contributed by atoms with Crippen LogP contribution in [0.15, 0.2) is 16.6 Å². The topological polar surface area (TPSA) is 55.5 Å². The predicted octanol–water partition coefficient (Wildman–Crippen LogP) is 2.21. The van der Waals surface area contributed by atoms with Crippen molar-refractivity contribution in [2.75, 3.05) is 13.7 Å². The average molecular weight is 282 g/mol. The summed E-state index contributed by atoms with van der Waals surface area (Å²) in [7, 11) is 1.34. The van der Waals surface area contributed by atoms with Crippen molar-refractivity contribution in [2.24, 2.45) is 5.73 Å². The molecule has 3 N–H and O–H groups in total. The van der Waals surface area contributed by atoms with Crippen LogP contribution in [0.3, 0.4) is 0 Å². The molecular formula is C9H10BrF2NO2. The molecule has 3 nitrogen and oxygen atoms in total. The Bertz CT molecular complexity index is 371. The summed E-state index contributed by atoms with van der Waals surface area (Å²) in [6, 6.07) is 2.21. The molecule has 84 valence electrons. The zero-order chi connectivity index (χ0) is 11.6. The van der Waals surface area contributed by atoms with E-state index in [-0.39, 0.29) is 21.5 Å². The molecule has 0 heterocycles. The van der Waals surface area contributed by atoms with Crippen LogP contribution in [-0.2, 0) is 5.92 Å². The minimum absolute atomic E-state index is 0.124. The van der Waals surface area contributed by atoms with Gasteiger partial charge < -0.3 is 15.6 Å². The van der Waals surface area contributed by atoms with Crippen molar-refractivity contribution in [3.8, 4) is 11.5 Å². The lowest BCUT2D eigenvalue weighted by Crippen LogP contribution is -2.25. The smallest absolute Gasteiger partial charge is 0.286 e. The van der Waals surface area contributed by atoms with Crippen molar-refractivity contribution in [1.29, 1.82) is 0 Å². The van der Waals surface area contributed by atoms with E-state index >= 15 is 0 Å². The molecule has 0 radical (unpaired) electrons. The molecule has 0 unspecified atom stereocenters. The van der Waals surface area contributed by atoms with Gasteiger partial charge in [-0.25, -0.2) is 0 Å². The quantitative estimate of drug-likeness (QED) is 0.893. The van der Waals surface area contributed by atoms with Gasteiger partial charge in [-0.3, -0.25) is 0 Å². The van der Waals surface area contributed by atoms with Gasteiger partial charge in [0, 0.05) is 10.0 Å². The first kappa shape index (κ1) is 12.2. The summed E-state index contributed by atoms with van der Waals surface area (Å²) in [4.78, 5) is 0. The van der Waals surface area contributed by atoms with Crippen molar-refractivity contribution in [3.63, 3.8) is 0 Å². The molecule has 1 aromatic rings. The molecule has 0 aliphatic carbocycles. The van der Waals surface area contributed by atoms with Gasteiger partial charge in [0.25, 0.3) is 5.92 Å². The Morgan fingerprint density at radius 1 is 1.53 bits per heavy atom. The summed E-state index contributed by atoms with van der Waals surface area (Å²) < 4.78 is 31.4. The molecule has 0 atom stereocenters. The number of hydrogen-bond acceptors (Lipinski definition) is 3. The second-order valence-corrected chi connectivity index (χ2v) is 3.77. The maximum Gasteiger partial charge on any atom is 0.286 e. The van der Waals surface area contributed by atoms with E-state index in [0.717, 1.165) is 6.07 Å². The summed E-state index contributed by atoms with van der Waals surface area (Å²) in [5.41, 5.74) is 4.59. The minimum Gasteiger partial charge on any atom is -0.504 e. The van der Waals surface area contributed by atoms with Crippen molar-refractivity contribution in [1.82, 2.24) is 0 Å². The molecule has 0 aromatic heterocycles. The number of halogens is 3. The predicted molar refractivity (Wildman–Crippen MR) is 55.3 cm³/mol. The number of rotatable bonds is 3. The van der Waals surface area contributed by atoms with Crippen LogP contribution >= 0.6 is 15.9 Å². The SMILES string of the molecule is COc1cc(Br)c(C(F)(F)CN)cc1O. The van der Waals surface area contributed by atoms with Crippen LogP contribution < -0.4 is 10.5 Å². The monoisotopic (exact) mass is 281 g/mol. The fourth-order valence-electron chi connectivity index (χ4n) is 1.10. The van der Waals surface area contributed by atoms with Gasteiger partial charge in [-0.05, 0) is 12.1 Å². The van der Waals surface area contributed by atoms with E-state index in [2.05, 4.69) is 15.9 Å². The number of nitrogens with two attached hydrogens (primary N) is 1. The molecule has 0 aliphatic heterocycles. The van der Waals surface area contributed by atoms with Gasteiger partial charge in [0.15, 0.2) is 11.5 Å². The third-order valence-corrected chi connectivity index (χ3v) is 2.58. The summed E-state index contributed by atoms with van der Waals surface area (Å²) in [6.45, 7) is -0.822. The lowest BCUT2D eigenvalue weighted by atomic mass is 10.1. The standard InChI is InChI=1S/C9H10BrF2NO2/c1-15-8-3-6(10)5(2-7(8)14)9(11,12)4-13/h2-3,14H,4,13H2,1H3. The molecule has 0 bridgehead atoms. The number of ether oxygens (including phenoxy) is 1. The summed E-state index contributed by atoms with van der Waals surface area (Å²) in [5, 5.41) is 9.35. The molecule has 0 amide bonds. The highest BCUT2D eigenvalue weighted by Crippen LogP contribution is 2.39. The second kappa shape index (κ2) is 4.32. The Hall–Kier alpha value is -0.880. The minimum atomic E-state index is -3.18. The van der Waals surface area contributed by atoms with E-state index in [1.807, 2.05) is 0 Å². The first-order valence-electron chi connectivity index (χ1n) is 4.07. The van der Waals surface area contributed by atoms with E-state index in [1.165, 1.54) is 13.2 Å². The van der Waals surface area contributed by atoms with Gasteiger partial charge >= 0.3 is 0 Å². The lowest BCUT2D eigenvalue weighted by Gasteiger charge is -2.17. The van der Waals surface area contributed by atoms with Crippen LogP contribution in [0.25, 0.3) is 0 Å². The molecule has 15 heavy (non-hydrogen) atoms. The molecule has 0 fully saturated rings. The maximum absolute atomic E-state index is 13.3. The number of aromatic hydroxyl groups is 1. The van der Waals surface area contributed by atoms with Crippen LogP contribution in [-0.4, -0.2) is 18.8 Å². The normalized spacial score (nSPS) is 11.5. The number of alkyl halides is 2. The van der Waals surface area contributed by atoms with Crippen LogP contribution in [0.5, 0.6) is 11.5 Å². The highest BCUT2D eigenvalue weighted by Gasteiger charge is 2.32. The Balaban J connectivity index is 3.28. The highest BCUT2D eigenvalue weighted by molar-refractivity contribution is 9.10. The number of hydrogen-bond donors (Lipinski definition) is 2. The first-order valence-corrected chi connectivity index (χ1v) is 4.86. The molecule has 1 rings (SSSR count). The van der Waals surface area contributed by atoms with Crippen LogP contribution in [0.4, 0.5) is 8.78 Å². The third-order valence-electron chi connectivity index (χ3n) is 1.92. The van der Waals surface area contributed by atoms with Crippen molar-refractivity contribution in [3.05, 3.63) is 22.2 Å². The molecule has 0 aliphatic rings. The summed E-state index contributed by atoms with van der Waals surface area (Å²) in [6.07, 6.45) is 0. The molecule has 0 saturated heterocycles. The maximum atomic E-state index is 13.3. The van der Waals surface area contributed by atoms with E-state index in [0.29, 0.717) is 0 Å². The van der Waals surface area contributed by atoms with Crippen LogP contribution in [0.1, 0.15) is 5.56 Å². The molecule has 6 heteroatoms. The van der Waals surface area contributed by atoms with E-state index in [4.69, 9.17) is 10.5 Å². The van der Waals surface area contributed by atoms with Crippen molar-refractivity contribution >= 4 is 15.9 Å². The Morgan fingerprint density at radius 3 is 2.60 bits per heavy atom. The van der Waals surface area contributed by atoms with Crippen molar-refractivity contribution in [2.45, 2.75) is 5.92 Å². The molecule has 0 spiro atoms. The van der Waals surface area contributed by atoms with Crippen molar-refractivity contribution < 1.29 is 18.6 Å². The third kappa shape index (κ3) is 2.38. The summed E-state index contributed by atoms with van der Waals surface area (Å²) in [5.74, 6) is -3.40. The van der Waals surface area contributed by atoms with Gasteiger partial charge in [-0.2, -0.15) is 8.78 Å². The largest absolute Gasteiger partial charge is 0.504 e. The number of benzene rings is 1. The second-order valence-electron chi connectivity index (χ2n) is 2.91. The van der Waals surface area contributed by atoms with Gasteiger partial charge in [0.1, 0.15) is 0 Å². The number of methoxy groups -OCH3 is 1. The lowest BCUT2D eigenvalue weighted by molar-refractivity contribution is 0.00494. The Morgan fingerprint density at radius 2 is 2.13 bits per heavy atom. The Labute approximate surface area is 94.0 Å². The van der Waals surface area contributed by atoms with Gasteiger partial charge in [-0.15, -0.1) is 0 Å². The Kier molecular flexibility index (Phi) is 3.51. The number of phenolic OH excluding ortho intramolecular Hbond substituents is 1. The highest BCUT2D eigenvalue weighted by atomic mass is 79.9. The zero-order valence-electron chi connectivity index (χ0n) is 7.93. The van der Waals surface area contributed by atoms with Crippen LogP contribution in [0.2, 0.25) is 0 Å². The molecule has 1 aromatic carbocycles. The summed E-state index contributed by atoms with van der Waals surface area (Å²) >= 11 is 2.97. The van der Waals surface area contributed by atoms with Gasteiger partial charge in [-0.1, -0.05) is 15.9 Å². The zero-order valence-corrected chi connectivity index (χ0v) is 9.51. The fourth-order valence-corrected chi connectivity index (χ4v) is 1.71. The molecular weight excluding hydrogens is 272 g/mol. The number of phenols is 1. The van der Waals surface area contributed by atoms with E-state index in [9.17, 15) is 13.9 Å². The fraction of sp³-hybridized carbons (Fsp3) is 0.333. The van der Waals surface area contributed by atoms with Gasteiger partial charge in [0.2, 0.25) is 0 Å². The van der Waals surface area contributed by atoms with Gasteiger partial charge in [0.05, 0.1) is 13.7 Å². The van der Waals surface area contributed by atoms with E-state index in [1.54, 1.807) is 0 Å². The van der Waals surface area contributed by atoms with E-state index < -0.39 is 12.5 Å². The average Bonchev–Trinajstić information content (AvgIpc) is 2.20.